The number of aliphatic carboxylic acids is 1. The van der Waals surface area contributed by atoms with Crippen LogP contribution < -0.4 is 5.32 Å². The fourth-order valence-electron chi connectivity index (χ4n) is 2.84. The van der Waals surface area contributed by atoms with Gasteiger partial charge in [0.1, 0.15) is 0 Å². The van der Waals surface area contributed by atoms with Gasteiger partial charge in [-0.05, 0) is 37.8 Å². The highest BCUT2D eigenvalue weighted by molar-refractivity contribution is 6.31. The van der Waals surface area contributed by atoms with E-state index in [-0.39, 0.29) is 18.0 Å². The highest BCUT2D eigenvalue weighted by atomic mass is 35.5. The number of hydrogen-bond acceptors (Lipinski definition) is 2. The zero-order valence-corrected chi connectivity index (χ0v) is 11.9. The molecule has 3 atom stereocenters. The number of hydrogen-bond donors (Lipinski definition) is 2. The van der Waals surface area contributed by atoms with Gasteiger partial charge in [0.15, 0.2) is 0 Å². The summed E-state index contributed by atoms with van der Waals surface area (Å²) in [6, 6.07) is 8.19. The molecule has 0 heterocycles. The van der Waals surface area contributed by atoms with Crippen LogP contribution in [0.15, 0.2) is 24.3 Å². The Hall–Kier alpha value is -1.06. The van der Waals surface area contributed by atoms with Crippen LogP contribution in [-0.2, 0) is 4.79 Å². The summed E-state index contributed by atoms with van der Waals surface area (Å²) in [5, 5.41) is 13.4. The van der Waals surface area contributed by atoms with Crippen molar-refractivity contribution in [3.8, 4) is 0 Å². The van der Waals surface area contributed by atoms with E-state index in [0.717, 1.165) is 29.8 Å². The molecule has 2 rings (SSSR count). The van der Waals surface area contributed by atoms with E-state index in [1.54, 1.807) is 0 Å². The zero-order chi connectivity index (χ0) is 13.8. The molecule has 2 N–H and O–H groups in total. The van der Waals surface area contributed by atoms with Crippen molar-refractivity contribution in [1.29, 1.82) is 0 Å². The summed E-state index contributed by atoms with van der Waals surface area (Å²) < 4.78 is 0. The molecule has 1 fully saturated rings. The van der Waals surface area contributed by atoms with E-state index in [0.29, 0.717) is 6.42 Å². The maximum atomic E-state index is 11.1. The van der Waals surface area contributed by atoms with Crippen molar-refractivity contribution in [2.24, 2.45) is 5.92 Å². The van der Waals surface area contributed by atoms with E-state index in [1.165, 1.54) is 0 Å². The smallest absolute Gasteiger partial charge is 0.306 e. The standard InChI is InChI=1S/C15H20ClNO2/c1-10(13-7-2-3-8-14(13)16)17-12-6-4-5-11(9-12)15(18)19/h2-3,7-8,10-12,17H,4-6,9H2,1H3,(H,18,19)/t10-,11?,12?/m0/s1. The number of carboxylic acid groups (broad SMARTS) is 1. The van der Waals surface area contributed by atoms with E-state index in [4.69, 9.17) is 16.7 Å². The van der Waals surface area contributed by atoms with Gasteiger partial charge in [0.25, 0.3) is 0 Å². The van der Waals surface area contributed by atoms with Gasteiger partial charge >= 0.3 is 5.97 Å². The van der Waals surface area contributed by atoms with Crippen LogP contribution in [0, 0.1) is 5.92 Å². The summed E-state index contributed by atoms with van der Waals surface area (Å²) in [5.41, 5.74) is 1.07. The summed E-state index contributed by atoms with van der Waals surface area (Å²) >= 11 is 6.18. The highest BCUT2D eigenvalue weighted by Gasteiger charge is 2.27. The minimum absolute atomic E-state index is 0.145. The maximum absolute atomic E-state index is 11.1. The van der Waals surface area contributed by atoms with Crippen molar-refractivity contribution < 1.29 is 9.90 Å². The SMILES string of the molecule is C[C@H](NC1CCCC(C(=O)O)C1)c1ccccc1Cl. The van der Waals surface area contributed by atoms with Gasteiger partial charge in [-0.15, -0.1) is 0 Å². The lowest BCUT2D eigenvalue weighted by Gasteiger charge is -2.30. The van der Waals surface area contributed by atoms with Crippen LogP contribution >= 0.6 is 11.6 Å². The molecule has 3 nitrogen and oxygen atoms in total. The normalized spacial score (nSPS) is 24.9. The Morgan fingerprint density at radius 3 is 2.84 bits per heavy atom. The van der Waals surface area contributed by atoms with Gasteiger partial charge in [-0.1, -0.05) is 36.2 Å². The predicted molar refractivity (Wildman–Crippen MR) is 76.4 cm³/mol. The number of nitrogens with one attached hydrogen (secondary N) is 1. The fourth-order valence-corrected chi connectivity index (χ4v) is 3.13. The van der Waals surface area contributed by atoms with Crippen molar-refractivity contribution in [2.75, 3.05) is 0 Å². The molecule has 0 radical (unpaired) electrons. The average Bonchev–Trinajstić information content (AvgIpc) is 2.39. The van der Waals surface area contributed by atoms with Crippen molar-refractivity contribution >= 4 is 17.6 Å². The molecule has 104 valence electrons. The third-order valence-corrected chi connectivity index (χ3v) is 4.23. The van der Waals surface area contributed by atoms with Gasteiger partial charge in [-0.3, -0.25) is 4.79 Å². The number of halogens is 1. The molecule has 4 heteroatoms. The summed E-state index contributed by atoms with van der Waals surface area (Å²) in [7, 11) is 0. The first-order valence-electron chi connectivity index (χ1n) is 6.81. The highest BCUT2D eigenvalue weighted by Crippen LogP contribution is 2.28. The average molecular weight is 282 g/mol. The topological polar surface area (TPSA) is 49.3 Å². The molecular formula is C15H20ClNO2. The maximum Gasteiger partial charge on any atom is 0.306 e. The summed E-state index contributed by atoms with van der Waals surface area (Å²) in [5.74, 6) is -0.874. The van der Waals surface area contributed by atoms with E-state index >= 15 is 0 Å². The Balaban J connectivity index is 1.97. The summed E-state index contributed by atoms with van der Waals surface area (Å²) in [4.78, 5) is 11.1. The minimum atomic E-state index is -0.670. The second-order valence-corrected chi connectivity index (χ2v) is 5.72. The van der Waals surface area contributed by atoms with Crippen LogP contribution in [0.25, 0.3) is 0 Å². The van der Waals surface area contributed by atoms with E-state index in [9.17, 15) is 4.79 Å². The molecule has 2 unspecified atom stereocenters. The molecule has 19 heavy (non-hydrogen) atoms. The van der Waals surface area contributed by atoms with Gasteiger partial charge in [-0.2, -0.15) is 0 Å². The lowest BCUT2D eigenvalue weighted by atomic mass is 9.85. The first kappa shape index (κ1) is 14.4. The van der Waals surface area contributed by atoms with Gasteiger partial charge in [0.05, 0.1) is 5.92 Å². The third kappa shape index (κ3) is 3.71. The molecule has 0 aromatic heterocycles. The van der Waals surface area contributed by atoms with Crippen LogP contribution in [0.3, 0.4) is 0 Å². The molecule has 1 aromatic rings. The van der Waals surface area contributed by atoms with E-state index < -0.39 is 5.97 Å². The van der Waals surface area contributed by atoms with Gasteiger partial charge in [0, 0.05) is 17.1 Å². The predicted octanol–water partition coefficient (Wildman–Crippen LogP) is 3.63. The molecule has 1 aliphatic carbocycles. The van der Waals surface area contributed by atoms with Gasteiger partial charge in [-0.25, -0.2) is 0 Å². The number of rotatable bonds is 4. The van der Waals surface area contributed by atoms with Crippen molar-refractivity contribution in [2.45, 2.75) is 44.7 Å². The zero-order valence-electron chi connectivity index (χ0n) is 11.1. The Morgan fingerprint density at radius 1 is 1.42 bits per heavy atom. The molecule has 1 saturated carbocycles. The van der Waals surface area contributed by atoms with Crippen molar-refractivity contribution in [1.82, 2.24) is 5.32 Å². The molecule has 0 aliphatic heterocycles. The van der Waals surface area contributed by atoms with Gasteiger partial charge in [0.2, 0.25) is 0 Å². The first-order chi connectivity index (χ1) is 9.08. The van der Waals surface area contributed by atoms with Crippen LogP contribution in [-0.4, -0.2) is 17.1 Å². The second-order valence-electron chi connectivity index (χ2n) is 5.31. The van der Waals surface area contributed by atoms with Crippen molar-refractivity contribution in [3.63, 3.8) is 0 Å². The minimum Gasteiger partial charge on any atom is -0.481 e. The molecule has 0 saturated heterocycles. The first-order valence-corrected chi connectivity index (χ1v) is 7.19. The Morgan fingerprint density at radius 2 is 2.16 bits per heavy atom. The quantitative estimate of drug-likeness (QED) is 0.886. The molecule has 1 aromatic carbocycles. The monoisotopic (exact) mass is 281 g/mol. The van der Waals surface area contributed by atoms with Gasteiger partial charge < -0.3 is 10.4 Å². The number of carboxylic acids is 1. The molecule has 0 amide bonds. The fraction of sp³-hybridized carbons (Fsp3) is 0.533. The molecule has 1 aliphatic rings. The molecule has 0 bridgehead atoms. The lowest BCUT2D eigenvalue weighted by molar-refractivity contribution is -0.143. The van der Waals surface area contributed by atoms with Crippen LogP contribution in [0.1, 0.15) is 44.2 Å². The Kier molecular flexibility index (Phi) is 4.83. The van der Waals surface area contributed by atoms with E-state index in [2.05, 4.69) is 12.2 Å². The summed E-state index contributed by atoms with van der Waals surface area (Å²) in [6.45, 7) is 2.07. The Bertz CT molecular complexity index is 450. The summed E-state index contributed by atoms with van der Waals surface area (Å²) in [6.07, 6.45) is 3.53. The van der Waals surface area contributed by atoms with E-state index in [1.807, 2.05) is 24.3 Å². The Labute approximate surface area is 119 Å². The number of benzene rings is 1. The third-order valence-electron chi connectivity index (χ3n) is 3.88. The largest absolute Gasteiger partial charge is 0.481 e. The van der Waals surface area contributed by atoms with Crippen LogP contribution in [0.4, 0.5) is 0 Å². The lowest BCUT2D eigenvalue weighted by Crippen LogP contribution is -2.37. The molecular weight excluding hydrogens is 262 g/mol. The molecule has 0 spiro atoms. The van der Waals surface area contributed by atoms with Crippen molar-refractivity contribution in [3.05, 3.63) is 34.9 Å². The number of carbonyl (C=O) groups is 1. The van der Waals surface area contributed by atoms with Crippen LogP contribution in [0.2, 0.25) is 5.02 Å². The second kappa shape index (κ2) is 6.40. The van der Waals surface area contributed by atoms with Crippen LogP contribution in [0.5, 0.6) is 0 Å².